The molecule has 1 aliphatic heterocycles. The lowest BCUT2D eigenvalue weighted by molar-refractivity contribution is -0.139. The van der Waals surface area contributed by atoms with Gasteiger partial charge in [-0.2, -0.15) is 0 Å². The average molecular weight is 588 g/mol. The Morgan fingerprint density at radius 3 is 2.47 bits per heavy atom. The fraction of sp³-hybridized carbons (Fsp3) is 0.269. The highest BCUT2D eigenvalue weighted by Crippen LogP contribution is 2.31. The van der Waals surface area contributed by atoms with Crippen molar-refractivity contribution >= 4 is 46.0 Å². The zero-order chi connectivity index (χ0) is 24.4. The lowest BCUT2D eigenvalue weighted by Crippen LogP contribution is -2.39. The number of nitrogens with zero attached hydrogens (tertiary/aromatic N) is 2. The van der Waals surface area contributed by atoms with E-state index in [-0.39, 0.29) is 18.3 Å². The number of carbonyl (C=O) groups excluding carboxylic acids is 1. The third-order valence-electron chi connectivity index (χ3n) is 5.25. The number of rotatable bonds is 6. The van der Waals surface area contributed by atoms with Gasteiger partial charge in [-0.15, -0.1) is 0 Å². The molecule has 0 unspecified atom stereocenters. The maximum absolute atomic E-state index is 13.6. The molecule has 0 radical (unpaired) electrons. The molecule has 4 rings (SSSR count). The normalized spacial score (nSPS) is 15.8. The van der Waals surface area contributed by atoms with Crippen molar-refractivity contribution in [1.82, 2.24) is 4.57 Å². The molecular formula is C26H25IN2O4S. The van der Waals surface area contributed by atoms with E-state index in [4.69, 9.17) is 9.47 Å². The topological polar surface area (TPSA) is 69.9 Å². The molecule has 3 aromatic rings. The lowest BCUT2D eigenvalue weighted by atomic mass is 9.96. The van der Waals surface area contributed by atoms with E-state index < -0.39 is 12.0 Å². The Morgan fingerprint density at radius 1 is 1.18 bits per heavy atom. The van der Waals surface area contributed by atoms with Gasteiger partial charge in [0, 0.05) is 3.57 Å². The van der Waals surface area contributed by atoms with Gasteiger partial charge in [0.25, 0.3) is 5.56 Å². The Kier molecular flexibility index (Phi) is 7.37. The number of thiazole rings is 1. The predicted octanol–water partition coefficient (Wildman–Crippen LogP) is 4.19. The number of esters is 1. The Bertz CT molecular complexity index is 1420. The fourth-order valence-electron chi connectivity index (χ4n) is 3.82. The van der Waals surface area contributed by atoms with Crippen LogP contribution < -0.4 is 19.6 Å². The number of hydrogen-bond donors (Lipinski definition) is 0. The number of carbonyl (C=O) groups is 1. The summed E-state index contributed by atoms with van der Waals surface area (Å²) in [5.74, 6) is 0.256. The van der Waals surface area contributed by atoms with Crippen LogP contribution >= 0.6 is 33.9 Å². The number of allylic oxidation sites excluding steroid dienone is 1. The van der Waals surface area contributed by atoms with Gasteiger partial charge in [0.15, 0.2) is 4.80 Å². The van der Waals surface area contributed by atoms with Crippen LogP contribution in [0.2, 0.25) is 0 Å². The van der Waals surface area contributed by atoms with Gasteiger partial charge < -0.3 is 9.47 Å². The molecule has 0 aliphatic carbocycles. The number of benzene rings is 2. The van der Waals surface area contributed by atoms with Crippen molar-refractivity contribution in [2.45, 2.75) is 39.8 Å². The van der Waals surface area contributed by atoms with E-state index in [1.54, 1.807) is 18.4 Å². The zero-order valence-corrected chi connectivity index (χ0v) is 22.3. The van der Waals surface area contributed by atoms with Crippen LogP contribution in [0.15, 0.2) is 69.6 Å². The van der Waals surface area contributed by atoms with Crippen LogP contribution in [0.5, 0.6) is 5.75 Å². The van der Waals surface area contributed by atoms with E-state index >= 15 is 0 Å². The number of aromatic nitrogens is 1. The summed E-state index contributed by atoms with van der Waals surface area (Å²) >= 11 is 3.57. The summed E-state index contributed by atoms with van der Waals surface area (Å²) in [5, 5.41) is 0. The van der Waals surface area contributed by atoms with Gasteiger partial charge in [-0.1, -0.05) is 35.6 Å². The zero-order valence-electron chi connectivity index (χ0n) is 19.4. The standard InChI is InChI=1S/C26H25IN2O4S/c1-5-32-25(31)22-16(4)28-26-29(23(22)18-8-12-20(13-9-18)33-15(2)3)24(30)21(34-26)14-17-6-10-19(27)11-7-17/h6-15,23H,5H2,1-4H3/b21-14-/t23-/m1/s1. The third-order valence-corrected chi connectivity index (χ3v) is 6.95. The Hall–Kier alpha value is -2.72. The molecule has 34 heavy (non-hydrogen) atoms. The van der Waals surface area contributed by atoms with E-state index in [1.165, 1.54) is 11.3 Å². The summed E-state index contributed by atoms with van der Waals surface area (Å²) in [7, 11) is 0. The van der Waals surface area contributed by atoms with Crippen molar-refractivity contribution in [1.29, 1.82) is 0 Å². The molecule has 1 aromatic heterocycles. The Morgan fingerprint density at radius 2 is 1.85 bits per heavy atom. The van der Waals surface area contributed by atoms with Crippen molar-refractivity contribution in [3.8, 4) is 5.75 Å². The molecule has 176 valence electrons. The van der Waals surface area contributed by atoms with Gasteiger partial charge in [-0.05, 0) is 91.8 Å². The summed E-state index contributed by atoms with van der Waals surface area (Å²) in [6, 6.07) is 14.8. The molecule has 0 fully saturated rings. The first-order valence-electron chi connectivity index (χ1n) is 11.0. The summed E-state index contributed by atoms with van der Waals surface area (Å²) < 4.78 is 14.4. The summed E-state index contributed by atoms with van der Waals surface area (Å²) in [4.78, 5) is 31.7. The molecule has 0 bridgehead atoms. The minimum Gasteiger partial charge on any atom is -0.491 e. The number of ether oxygens (including phenoxy) is 2. The van der Waals surface area contributed by atoms with Crippen LogP contribution in [-0.4, -0.2) is 23.2 Å². The van der Waals surface area contributed by atoms with E-state index in [9.17, 15) is 9.59 Å². The second-order valence-corrected chi connectivity index (χ2v) is 10.3. The predicted molar refractivity (Wildman–Crippen MR) is 142 cm³/mol. The molecule has 0 N–H and O–H groups in total. The van der Waals surface area contributed by atoms with Gasteiger partial charge in [-0.3, -0.25) is 9.36 Å². The van der Waals surface area contributed by atoms with Gasteiger partial charge >= 0.3 is 5.97 Å². The minimum absolute atomic E-state index is 0.0435. The maximum Gasteiger partial charge on any atom is 0.338 e. The Balaban J connectivity index is 1.89. The highest BCUT2D eigenvalue weighted by molar-refractivity contribution is 14.1. The van der Waals surface area contributed by atoms with Crippen LogP contribution in [0.3, 0.4) is 0 Å². The van der Waals surface area contributed by atoms with Crippen LogP contribution in [0.4, 0.5) is 0 Å². The van der Waals surface area contributed by atoms with E-state index in [2.05, 4.69) is 27.6 Å². The van der Waals surface area contributed by atoms with E-state index in [0.29, 0.717) is 20.6 Å². The summed E-state index contributed by atoms with van der Waals surface area (Å²) in [5.41, 5.74) is 2.44. The van der Waals surface area contributed by atoms with Crippen LogP contribution in [0.1, 0.15) is 44.9 Å². The maximum atomic E-state index is 13.6. The highest BCUT2D eigenvalue weighted by Gasteiger charge is 2.33. The quantitative estimate of drug-likeness (QED) is 0.320. The second-order valence-electron chi connectivity index (χ2n) is 8.09. The Labute approximate surface area is 215 Å². The molecule has 8 heteroatoms. The highest BCUT2D eigenvalue weighted by atomic mass is 127. The van der Waals surface area contributed by atoms with E-state index in [0.717, 1.165) is 20.4 Å². The molecule has 0 amide bonds. The van der Waals surface area contributed by atoms with Gasteiger partial charge in [0.2, 0.25) is 0 Å². The molecule has 6 nitrogen and oxygen atoms in total. The van der Waals surface area contributed by atoms with Crippen molar-refractivity contribution in [3.63, 3.8) is 0 Å². The van der Waals surface area contributed by atoms with Crippen molar-refractivity contribution in [2.24, 2.45) is 4.99 Å². The summed E-state index contributed by atoms with van der Waals surface area (Å²) in [6.07, 6.45) is 1.90. The molecular weight excluding hydrogens is 563 g/mol. The third kappa shape index (κ3) is 5.02. The average Bonchev–Trinajstić information content (AvgIpc) is 3.09. The molecule has 1 atom stereocenters. The number of halogens is 1. The SMILES string of the molecule is CCOC(=O)C1=C(C)N=c2s/c(=C\c3ccc(I)cc3)c(=O)n2[C@@H]1c1ccc(OC(C)C)cc1. The van der Waals surface area contributed by atoms with Gasteiger partial charge in [0.05, 0.1) is 34.6 Å². The first-order valence-corrected chi connectivity index (χ1v) is 12.9. The first kappa shape index (κ1) is 24.4. The molecule has 1 aliphatic rings. The molecule has 2 heterocycles. The lowest BCUT2D eigenvalue weighted by Gasteiger charge is -2.25. The van der Waals surface area contributed by atoms with Crippen molar-refractivity contribution in [3.05, 3.63) is 94.2 Å². The van der Waals surface area contributed by atoms with Gasteiger partial charge in [-0.25, -0.2) is 9.79 Å². The van der Waals surface area contributed by atoms with Crippen molar-refractivity contribution < 1.29 is 14.3 Å². The molecule has 0 spiro atoms. The molecule has 0 saturated heterocycles. The fourth-order valence-corrected chi connectivity index (χ4v) is 5.22. The minimum atomic E-state index is -0.637. The monoisotopic (exact) mass is 588 g/mol. The van der Waals surface area contributed by atoms with Gasteiger partial charge in [0.1, 0.15) is 5.75 Å². The first-order chi connectivity index (χ1) is 16.3. The molecule has 2 aromatic carbocycles. The van der Waals surface area contributed by atoms with Crippen LogP contribution in [-0.2, 0) is 9.53 Å². The van der Waals surface area contributed by atoms with Crippen LogP contribution in [0, 0.1) is 3.57 Å². The second kappa shape index (κ2) is 10.3. The smallest absolute Gasteiger partial charge is 0.338 e. The van der Waals surface area contributed by atoms with Crippen molar-refractivity contribution in [2.75, 3.05) is 6.61 Å². The molecule has 0 saturated carbocycles. The van der Waals surface area contributed by atoms with E-state index in [1.807, 2.05) is 68.5 Å². The number of fused-ring (bicyclic) bond motifs is 1. The summed E-state index contributed by atoms with van der Waals surface area (Å²) in [6.45, 7) is 7.71. The number of hydrogen-bond acceptors (Lipinski definition) is 6. The van der Waals surface area contributed by atoms with Crippen LogP contribution in [0.25, 0.3) is 6.08 Å². The largest absolute Gasteiger partial charge is 0.491 e.